The molecule has 1 aromatic heterocycles. The monoisotopic (exact) mass is 423 g/mol. The van der Waals surface area contributed by atoms with Crippen molar-refractivity contribution >= 4 is 28.3 Å². The normalized spacial score (nSPS) is 12.7. The first-order valence-corrected chi connectivity index (χ1v) is 10.3. The van der Waals surface area contributed by atoms with Gasteiger partial charge in [-0.05, 0) is 48.9 Å². The fourth-order valence-electron chi connectivity index (χ4n) is 4.03. The number of benzene rings is 3. The van der Waals surface area contributed by atoms with Gasteiger partial charge in [-0.3, -0.25) is 10.1 Å². The van der Waals surface area contributed by atoms with E-state index >= 15 is 0 Å². The van der Waals surface area contributed by atoms with Crippen molar-refractivity contribution in [3.05, 3.63) is 88.7 Å². The van der Waals surface area contributed by atoms with Gasteiger partial charge in [-0.1, -0.05) is 36.4 Å². The van der Waals surface area contributed by atoms with Gasteiger partial charge in [0.05, 0.1) is 6.54 Å². The molecular formula is C26H21N3O3. The average molecular weight is 423 g/mol. The number of carbonyl (C=O) groups is 1. The highest BCUT2D eigenvalue weighted by Crippen LogP contribution is 2.34. The third kappa shape index (κ3) is 3.34. The van der Waals surface area contributed by atoms with Crippen molar-refractivity contribution < 1.29 is 13.9 Å². The van der Waals surface area contributed by atoms with Crippen LogP contribution >= 0.6 is 0 Å². The number of hydrogen-bond acceptors (Lipinski definition) is 5. The van der Waals surface area contributed by atoms with E-state index in [0.29, 0.717) is 30.2 Å². The Bertz CT molecular complexity index is 1400. The van der Waals surface area contributed by atoms with E-state index < -0.39 is 0 Å². The summed E-state index contributed by atoms with van der Waals surface area (Å²) in [6.45, 7) is 4.64. The maximum absolute atomic E-state index is 12.9. The summed E-state index contributed by atoms with van der Waals surface area (Å²) in [5.74, 6) is 1.35. The fourth-order valence-corrected chi connectivity index (χ4v) is 4.03. The molecule has 158 valence electrons. The van der Waals surface area contributed by atoms with Gasteiger partial charge in [0.1, 0.15) is 23.1 Å². The summed E-state index contributed by atoms with van der Waals surface area (Å²) in [4.78, 5) is 15.0. The minimum absolute atomic E-state index is 0.180. The topological polar surface area (TPSA) is 78.5 Å². The van der Waals surface area contributed by atoms with Crippen LogP contribution in [0.15, 0.2) is 65.1 Å². The Labute approximate surface area is 185 Å². The van der Waals surface area contributed by atoms with E-state index in [1.807, 2.05) is 36.4 Å². The van der Waals surface area contributed by atoms with Gasteiger partial charge >= 0.3 is 0 Å². The second-order valence-corrected chi connectivity index (χ2v) is 7.84. The van der Waals surface area contributed by atoms with Gasteiger partial charge in [0.15, 0.2) is 6.73 Å². The van der Waals surface area contributed by atoms with Gasteiger partial charge in [-0.15, -0.1) is 0 Å². The summed E-state index contributed by atoms with van der Waals surface area (Å²) in [6, 6.07) is 21.8. The number of nitrogens with one attached hydrogen (secondary N) is 1. The number of amides is 1. The Hall–Kier alpha value is -4.24. The molecule has 5 rings (SSSR count). The van der Waals surface area contributed by atoms with Crippen LogP contribution < -0.4 is 15.0 Å². The van der Waals surface area contributed by atoms with Crippen LogP contribution in [-0.4, -0.2) is 12.6 Å². The Morgan fingerprint density at radius 2 is 1.94 bits per heavy atom. The molecule has 0 atom stereocenters. The quantitative estimate of drug-likeness (QED) is 0.469. The van der Waals surface area contributed by atoms with Crippen molar-refractivity contribution in [2.45, 2.75) is 20.4 Å². The van der Waals surface area contributed by atoms with Crippen molar-refractivity contribution in [1.82, 2.24) is 0 Å². The number of rotatable bonds is 3. The SMILES string of the molecule is Cc1oc(NC(=O)c2cccc(N3COc4ccc5ccccc5c4C3)c2)c(C#N)c1C. The lowest BCUT2D eigenvalue weighted by molar-refractivity contribution is 0.102. The van der Waals surface area contributed by atoms with Crippen LogP contribution in [0.25, 0.3) is 10.8 Å². The lowest BCUT2D eigenvalue weighted by Gasteiger charge is -2.31. The van der Waals surface area contributed by atoms with Gasteiger partial charge < -0.3 is 14.1 Å². The number of ether oxygens (including phenoxy) is 1. The molecule has 1 aliphatic rings. The molecule has 0 bridgehead atoms. The van der Waals surface area contributed by atoms with E-state index in [2.05, 4.69) is 34.5 Å². The Kier molecular flexibility index (Phi) is 4.79. The van der Waals surface area contributed by atoms with Gasteiger partial charge in [-0.25, -0.2) is 0 Å². The van der Waals surface area contributed by atoms with Gasteiger partial charge in [-0.2, -0.15) is 5.26 Å². The Balaban J connectivity index is 1.42. The molecular weight excluding hydrogens is 402 g/mol. The highest BCUT2D eigenvalue weighted by atomic mass is 16.5. The van der Waals surface area contributed by atoms with Crippen LogP contribution in [0.1, 0.15) is 32.8 Å². The second kappa shape index (κ2) is 7.78. The van der Waals surface area contributed by atoms with Crippen LogP contribution in [0, 0.1) is 25.2 Å². The number of aryl methyl sites for hydroxylation is 1. The first kappa shape index (κ1) is 19.7. The molecule has 32 heavy (non-hydrogen) atoms. The van der Waals surface area contributed by atoms with Crippen LogP contribution in [0.2, 0.25) is 0 Å². The first-order chi connectivity index (χ1) is 15.5. The van der Waals surface area contributed by atoms with Gasteiger partial charge in [0.2, 0.25) is 5.88 Å². The molecule has 6 nitrogen and oxygen atoms in total. The summed E-state index contributed by atoms with van der Waals surface area (Å²) in [5, 5.41) is 14.4. The summed E-state index contributed by atoms with van der Waals surface area (Å²) < 4.78 is 11.6. The molecule has 2 heterocycles. The van der Waals surface area contributed by atoms with Crippen molar-refractivity contribution in [2.24, 2.45) is 0 Å². The van der Waals surface area contributed by atoms with E-state index in [1.165, 1.54) is 5.39 Å². The maximum Gasteiger partial charge on any atom is 0.258 e. The van der Waals surface area contributed by atoms with E-state index in [0.717, 1.165) is 28.0 Å². The molecule has 0 saturated carbocycles. The van der Waals surface area contributed by atoms with Crippen LogP contribution in [0.5, 0.6) is 5.75 Å². The fraction of sp³-hybridized carbons (Fsp3) is 0.154. The smallest absolute Gasteiger partial charge is 0.258 e. The molecule has 0 radical (unpaired) electrons. The Morgan fingerprint density at radius 1 is 1.09 bits per heavy atom. The number of nitrogens with zero attached hydrogens (tertiary/aromatic N) is 2. The zero-order valence-corrected chi connectivity index (χ0v) is 17.8. The van der Waals surface area contributed by atoms with Crippen molar-refractivity contribution in [3.8, 4) is 11.8 Å². The third-order valence-electron chi connectivity index (χ3n) is 5.92. The molecule has 0 saturated heterocycles. The van der Waals surface area contributed by atoms with Crippen LogP contribution in [0.3, 0.4) is 0 Å². The van der Waals surface area contributed by atoms with Crippen molar-refractivity contribution in [3.63, 3.8) is 0 Å². The van der Waals surface area contributed by atoms with E-state index in [9.17, 15) is 10.1 Å². The lowest BCUT2D eigenvalue weighted by Crippen LogP contribution is -2.32. The Morgan fingerprint density at radius 3 is 2.78 bits per heavy atom. The summed E-state index contributed by atoms with van der Waals surface area (Å²) in [6.07, 6.45) is 0. The van der Waals surface area contributed by atoms with E-state index in [-0.39, 0.29) is 11.8 Å². The molecule has 1 aliphatic heterocycles. The molecule has 6 heteroatoms. The standard InChI is InChI=1S/C26H21N3O3/c1-16-17(2)32-26(22(16)13-27)28-25(30)19-7-5-8-20(12-19)29-14-23-21-9-4-3-6-18(21)10-11-24(23)31-15-29/h3-12H,14-15H2,1-2H3,(H,28,30). The number of anilines is 2. The number of fused-ring (bicyclic) bond motifs is 3. The zero-order valence-electron chi connectivity index (χ0n) is 17.8. The van der Waals surface area contributed by atoms with E-state index in [4.69, 9.17) is 9.15 Å². The molecule has 0 spiro atoms. The summed E-state index contributed by atoms with van der Waals surface area (Å²) in [7, 11) is 0. The van der Waals surface area contributed by atoms with Gasteiger partial charge in [0, 0.05) is 22.4 Å². The van der Waals surface area contributed by atoms with Gasteiger partial charge in [0.25, 0.3) is 5.91 Å². The number of furan rings is 1. The van der Waals surface area contributed by atoms with Crippen molar-refractivity contribution in [2.75, 3.05) is 16.9 Å². The highest BCUT2D eigenvalue weighted by Gasteiger charge is 2.22. The maximum atomic E-state index is 12.9. The predicted molar refractivity (Wildman–Crippen MR) is 123 cm³/mol. The number of nitriles is 1. The minimum atomic E-state index is -0.333. The average Bonchev–Trinajstić information content (AvgIpc) is 3.10. The molecule has 0 fully saturated rings. The molecule has 1 N–H and O–H groups in total. The van der Waals surface area contributed by atoms with Crippen LogP contribution in [-0.2, 0) is 6.54 Å². The lowest BCUT2D eigenvalue weighted by atomic mass is 10.0. The predicted octanol–water partition coefficient (Wildman–Crippen LogP) is 5.53. The molecule has 0 aliphatic carbocycles. The van der Waals surface area contributed by atoms with E-state index in [1.54, 1.807) is 19.9 Å². The molecule has 1 amide bonds. The summed E-state index contributed by atoms with van der Waals surface area (Å²) >= 11 is 0. The second-order valence-electron chi connectivity index (χ2n) is 7.84. The zero-order chi connectivity index (χ0) is 22.2. The first-order valence-electron chi connectivity index (χ1n) is 10.3. The molecule has 4 aromatic rings. The number of hydrogen-bond donors (Lipinski definition) is 1. The van der Waals surface area contributed by atoms with Crippen molar-refractivity contribution in [1.29, 1.82) is 5.26 Å². The summed E-state index contributed by atoms with van der Waals surface area (Å²) in [5.41, 5.74) is 3.56. The highest BCUT2D eigenvalue weighted by molar-refractivity contribution is 6.04. The molecule has 0 unspecified atom stereocenters. The third-order valence-corrected chi connectivity index (χ3v) is 5.92. The van der Waals surface area contributed by atoms with Crippen LogP contribution in [0.4, 0.5) is 11.6 Å². The largest absolute Gasteiger partial charge is 0.473 e. The minimum Gasteiger partial charge on any atom is -0.473 e. The number of carbonyl (C=O) groups excluding carboxylic acids is 1. The molecule has 3 aromatic carbocycles.